The van der Waals surface area contributed by atoms with Crippen molar-refractivity contribution in [1.29, 1.82) is 0 Å². The van der Waals surface area contributed by atoms with Gasteiger partial charge >= 0.3 is 0 Å². The summed E-state index contributed by atoms with van der Waals surface area (Å²) in [5, 5.41) is 0.233. The fourth-order valence-corrected chi connectivity index (χ4v) is 3.15. The van der Waals surface area contributed by atoms with Gasteiger partial charge in [-0.3, -0.25) is 0 Å². The van der Waals surface area contributed by atoms with Gasteiger partial charge in [0.25, 0.3) is 0 Å². The van der Waals surface area contributed by atoms with Crippen LogP contribution < -0.4 is 0 Å². The van der Waals surface area contributed by atoms with E-state index < -0.39 is 14.1 Å². The van der Waals surface area contributed by atoms with Crippen LogP contribution in [-0.4, -0.2) is 33.4 Å². The Morgan fingerprint density at radius 1 is 1.25 bits per heavy atom. The van der Waals surface area contributed by atoms with Crippen LogP contribution >= 0.6 is 0 Å². The fourth-order valence-electron chi connectivity index (χ4n) is 2.11. The van der Waals surface area contributed by atoms with Crippen molar-refractivity contribution in [1.82, 2.24) is 0 Å². The van der Waals surface area contributed by atoms with Gasteiger partial charge in [0.15, 0.2) is 8.32 Å². The van der Waals surface area contributed by atoms with Gasteiger partial charge < -0.3 is 13.9 Å². The van der Waals surface area contributed by atoms with E-state index in [-0.39, 0.29) is 11.1 Å². The molecular weight excluding hydrogens is 268 g/mol. The quantitative estimate of drug-likeness (QED) is 0.581. The van der Waals surface area contributed by atoms with Crippen LogP contribution in [0.1, 0.15) is 33.6 Å². The van der Waals surface area contributed by atoms with Gasteiger partial charge in [-0.2, -0.15) is 0 Å². The molecule has 0 bridgehead atoms. The van der Waals surface area contributed by atoms with Gasteiger partial charge in [0.05, 0.1) is 19.3 Å². The molecule has 0 fully saturated rings. The molecule has 0 amide bonds. The lowest BCUT2D eigenvalue weighted by molar-refractivity contribution is -0.212. The maximum Gasteiger partial charge on any atom is 0.208 e. The number of hydrogen-bond donors (Lipinski definition) is 0. The number of hydrogen-bond acceptors (Lipinski definition) is 3. The van der Waals surface area contributed by atoms with Gasteiger partial charge in [-0.05, 0) is 43.1 Å². The highest BCUT2D eigenvalue weighted by Crippen LogP contribution is 2.37. The summed E-state index contributed by atoms with van der Waals surface area (Å²) >= 11 is 0. The largest absolute Gasteiger partial charge is 0.414 e. The van der Waals surface area contributed by atoms with Crippen molar-refractivity contribution in [3.63, 3.8) is 0 Å². The van der Waals surface area contributed by atoms with Crippen molar-refractivity contribution in [3.05, 3.63) is 24.3 Å². The van der Waals surface area contributed by atoms with E-state index in [9.17, 15) is 0 Å². The van der Waals surface area contributed by atoms with Gasteiger partial charge in [-0.25, -0.2) is 0 Å². The van der Waals surface area contributed by atoms with Crippen LogP contribution in [-0.2, 0) is 13.9 Å². The minimum atomic E-state index is -1.71. The molecule has 0 aromatic carbocycles. The van der Waals surface area contributed by atoms with E-state index in [0.717, 1.165) is 19.4 Å². The fraction of sp³-hybridized carbons (Fsp3) is 0.750. The van der Waals surface area contributed by atoms with Crippen LogP contribution in [0.5, 0.6) is 0 Å². The predicted molar refractivity (Wildman–Crippen MR) is 84.2 cm³/mol. The Bertz CT molecular complexity index is 395. The molecule has 20 heavy (non-hydrogen) atoms. The van der Waals surface area contributed by atoms with E-state index in [0.29, 0.717) is 6.61 Å². The summed E-state index contributed by atoms with van der Waals surface area (Å²) in [6.45, 7) is 12.7. The highest BCUT2D eigenvalue weighted by atomic mass is 28.4. The highest BCUT2D eigenvalue weighted by Gasteiger charge is 2.39. The van der Waals surface area contributed by atoms with E-state index in [1.807, 2.05) is 12.2 Å². The first-order valence-electron chi connectivity index (χ1n) is 7.55. The van der Waals surface area contributed by atoms with Crippen LogP contribution in [0.4, 0.5) is 0 Å². The summed E-state index contributed by atoms with van der Waals surface area (Å²) in [5.41, 5.74) is 0. The van der Waals surface area contributed by atoms with Crippen LogP contribution in [0.2, 0.25) is 18.1 Å². The first-order chi connectivity index (χ1) is 9.24. The minimum absolute atomic E-state index is 0.0804. The van der Waals surface area contributed by atoms with E-state index >= 15 is 0 Å². The van der Waals surface area contributed by atoms with Crippen molar-refractivity contribution < 1.29 is 13.9 Å². The van der Waals surface area contributed by atoms with Crippen molar-refractivity contribution in [2.24, 2.45) is 0 Å². The van der Waals surface area contributed by atoms with Crippen molar-refractivity contribution >= 4 is 8.32 Å². The van der Waals surface area contributed by atoms with Crippen LogP contribution in [0.25, 0.3) is 0 Å². The molecule has 0 aliphatic carbocycles. The molecule has 3 nitrogen and oxygen atoms in total. The zero-order valence-corrected chi connectivity index (χ0v) is 14.4. The van der Waals surface area contributed by atoms with Crippen molar-refractivity contribution in [2.45, 2.75) is 63.6 Å². The van der Waals surface area contributed by atoms with E-state index in [1.165, 1.54) is 0 Å². The molecule has 2 aliphatic rings. The Labute approximate surface area is 124 Å². The third-order valence-corrected chi connectivity index (χ3v) is 9.00. The van der Waals surface area contributed by atoms with Gasteiger partial charge in [-0.1, -0.05) is 32.9 Å². The lowest BCUT2D eigenvalue weighted by atomic mass is 10.1. The summed E-state index contributed by atoms with van der Waals surface area (Å²) in [6.07, 6.45) is 10.3. The summed E-state index contributed by atoms with van der Waals surface area (Å²) in [4.78, 5) is 0. The molecule has 2 aliphatic heterocycles. The van der Waals surface area contributed by atoms with Crippen LogP contribution in [0.15, 0.2) is 24.3 Å². The van der Waals surface area contributed by atoms with Crippen molar-refractivity contribution in [2.75, 3.05) is 13.2 Å². The normalized spacial score (nSPS) is 30.9. The maximum absolute atomic E-state index is 6.27. The summed E-state index contributed by atoms with van der Waals surface area (Å²) in [6, 6.07) is 0. The summed E-state index contributed by atoms with van der Waals surface area (Å²) < 4.78 is 18.2. The summed E-state index contributed by atoms with van der Waals surface area (Å²) in [5.74, 6) is -0.641. The third kappa shape index (κ3) is 3.61. The van der Waals surface area contributed by atoms with E-state index in [1.54, 1.807) is 0 Å². The minimum Gasteiger partial charge on any atom is -0.414 e. The highest BCUT2D eigenvalue weighted by molar-refractivity contribution is 6.74. The standard InChI is InChI=1S/C16H28O3Si/c1-15(2,3)20(4,5)18-13-14-9-8-11-16(19-14)10-6-7-12-17-16/h6,8,10-11,14H,7,9,12-13H2,1-5H3/t14-,16-/m0/s1. The Hall–Kier alpha value is -0.423. The van der Waals surface area contributed by atoms with Gasteiger partial charge in [0.2, 0.25) is 5.79 Å². The topological polar surface area (TPSA) is 27.7 Å². The molecule has 0 aromatic heterocycles. The molecular formula is C16H28O3Si. The van der Waals surface area contributed by atoms with E-state index in [2.05, 4.69) is 46.0 Å². The molecule has 0 saturated heterocycles. The molecule has 1 spiro atoms. The first-order valence-corrected chi connectivity index (χ1v) is 10.5. The third-order valence-electron chi connectivity index (χ3n) is 4.50. The van der Waals surface area contributed by atoms with Gasteiger partial charge in [0.1, 0.15) is 0 Å². The molecule has 2 heterocycles. The Morgan fingerprint density at radius 3 is 2.55 bits per heavy atom. The Kier molecular flexibility index (Phi) is 4.59. The Balaban J connectivity index is 1.94. The maximum atomic E-state index is 6.27. The second-order valence-electron chi connectivity index (χ2n) is 7.21. The lowest BCUT2D eigenvalue weighted by Crippen LogP contribution is -2.46. The van der Waals surface area contributed by atoms with Crippen LogP contribution in [0.3, 0.4) is 0 Å². The average molecular weight is 296 g/mol. The predicted octanol–water partition coefficient (Wildman–Crippen LogP) is 4.03. The van der Waals surface area contributed by atoms with Gasteiger partial charge in [0, 0.05) is 0 Å². The van der Waals surface area contributed by atoms with Crippen LogP contribution in [0, 0.1) is 0 Å². The molecule has 4 heteroatoms. The Morgan fingerprint density at radius 2 is 1.95 bits per heavy atom. The average Bonchev–Trinajstić information content (AvgIpc) is 2.36. The zero-order valence-electron chi connectivity index (χ0n) is 13.4. The molecule has 2 rings (SSSR count). The van der Waals surface area contributed by atoms with Gasteiger partial charge in [-0.15, -0.1) is 0 Å². The number of rotatable bonds is 3. The van der Waals surface area contributed by atoms with Crippen molar-refractivity contribution in [3.8, 4) is 0 Å². The molecule has 114 valence electrons. The summed E-state index contributed by atoms with van der Waals surface area (Å²) in [7, 11) is -1.71. The van der Waals surface area contributed by atoms with E-state index in [4.69, 9.17) is 13.9 Å². The molecule has 0 aromatic rings. The number of ether oxygens (including phenoxy) is 2. The second-order valence-corrected chi connectivity index (χ2v) is 12.0. The first kappa shape index (κ1) is 16.0. The smallest absolute Gasteiger partial charge is 0.208 e. The molecule has 2 atom stereocenters. The zero-order chi connectivity index (χ0) is 14.9. The molecule has 0 unspecified atom stereocenters. The lowest BCUT2D eigenvalue weighted by Gasteiger charge is -2.40. The molecule has 0 radical (unpaired) electrons. The molecule has 0 N–H and O–H groups in total. The molecule has 0 saturated carbocycles. The second kappa shape index (κ2) is 5.76. The SMILES string of the molecule is CC(C)(C)[Si](C)(C)OC[C@@H]1CC=C[C@]2(C=CCCO2)O1. The monoisotopic (exact) mass is 296 g/mol.